The SMILES string of the molecule is Cc1ccc(C(C)CCCc2cccc(CCCN)c2)c(C)c1. The van der Waals surface area contributed by atoms with Gasteiger partial charge in [-0.1, -0.05) is 55.0 Å². The van der Waals surface area contributed by atoms with Gasteiger partial charge in [-0.25, -0.2) is 0 Å². The van der Waals surface area contributed by atoms with Crippen molar-refractivity contribution in [3.63, 3.8) is 0 Å². The van der Waals surface area contributed by atoms with Gasteiger partial charge in [-0.05, 0) is 80.7 Å². The predicted octanol–water partition coefficient (Wildman–Crippen LogP) is 5.32. The van der Waals surface area contributed by atoms with Gasteiger partial charge < -0.3 is 5.73 Å². The van der Waals surface area contributed by atoms with Crippen LogP contribution in [0.15, 0.2) is 42.5 Å². The van der Waals surface area contributed by atoms with E-state index in [2.05, 4.69) is 63.2 Å². The third-order valence-corrected chi connectivity index (χ3v) is 4.72. The molecule has 0 saturated heterocycles. The molecule has 0 spiro atoms. The highest BCUT2D eigenvalue weighted by molar-refractivity contribution is 5.32. The minimum atomic E-state index is 0.635. The lowest BCUT2D eigenvalue weighted by molar-refractivity contribution is 0.630. The summed E-state index contributed by atoms with van der Waals surface area (Å²) in [6.07, 6.45) is 5.84. The Kier molecular flexibility index (Phi) is 6.85. The molecule has 2 aromatic carbocycles. The third kappa shape index (κ3) is 5.51. The maximum Gasteiger partial charge on any atom is -0.00741 e. The summed E-state index contributed by atoms with van der Waals surface area (Å²) in [5.74, 6) is 0.635. The van der Waals surface area contributed by atoms with Crippen LogP contribution in [0.3, 0.4) is 0 Å². The van der Waals surface area contributed by atoms with Crippen molar-refractivity contribution in [2.24, 2.45) is 5.73 Å². The first kappa shape index (κ1) is 17.7. The lowest BCUT2D eigenvalue weighted by Crippen LogP contribution is -2.01. The van der Waals surface area contributed by atoms with Gasteiger partial charge in [0.15, 0.2) is 0 Å². The van der Waals surface area contributed by atoms with E-state index in [0.717, 1.165) is 19.4 Å². The molecule has 1 nitrogen and oxygen atoms in total. The fourth-order valence-electron chi connectivity index (χ4n) is 3.39. The first-order valence-electron chi connectivity index (χ1n) is 8.95. The van der Waals surface area contributed by atoms with Gasteiger partial charge in [0.1, 0.15) is 0 Å². The van der Waals surface area contributed by atoms with E-state index in [4.69, 9.17) is 5.73 Å². The molecule has 2 N–H and O–H groups in total. The number of benzene rings is 2. The molecule has 124 valence electrons. The minimum absolute atomic E-state index is 0.635. The summed E-state index contributed by atoms with van der Waals surface area (Å²) in [7, 11) is 0. The predicted molar refractivity (Wildman–Crippen MR) is 101 cm³/mol. The van der Waals surface area contributed by atoms with Gasteiger partial charge in [0.05, 0.1) is 0 Å². The molecule has 1 unspecified atom stereocenters. The lowest BCUT2D eigenvalue weighted by Gasteiger charge is -2.15. The van der Waals surface area contributed by atoms with E-state index in [-0.39, 0.29) is 0 Å². The Balaban J connectivity index is 1.86. The zero-order chi connectivity index (χ0) is 16.7. The molecule has 0 radical (unpaired) electrons. The van der Waals surface area contributed by atoms with Gasteiger partial charge >= 0.3 is 0 Å². The number of aryl methyl sites for hydroxylation is 4. The van der Waals surface area contributed by atoms with E-state index in [9.17, 15) is 0 Å². The van der Waals surface area contributed by atoms with Crippen LogP contribution in [-0.4, -0.2) is 6.54 Å². The highest BCUT2D eigenvalue weighted by atomic mass is 14.5. The molecular weight excluding hydrogens is 278 g/mol. The summed E-state index contributed by atoms with van der Waals surface area (Å²) in [6, 6.07) is 15.9. The highest BCUT2D eigenvalue weighted by Crippen LogP contribution is 2.25. The minimum Gasteiger partial charge on any atom is -0.330 e. The monoisotopic (exact) mass is 309 g/mol. The second-order valence-corrected chi connectivity index (χ2v) is 6.87. The molecule has 0 aliphatic rings. The van der Waals surface area contributed by atoms with E-state index in [1.54, 1.807) is 0 Å². The van der Waals surface area contributed by atoms with Crippen LogP contribution < -0.4 is 5.73 Å². The molecule has 0 amide bonds. The second kappa shape index (κ2) is 8.88. The molecule has 0 saturated carbocycles. The van der Waals surface area contributed by atoms with Gasteiger partial charge in [0, 0.05) is 0 Å². The third-order valence-electron chi connectivity index (χ3n) is 4.72. The van der Waals surface area contributed by atoms with Gasteiger partial charge in [-0.15, -0.1) is 0 Å². The Hall–Kier alpha value is -1.60. The Morgan fingerprint density at radius 2 is 1.61 bits per heavy atom. The number of hydrogen-bond donors (Lipinski definition) is 1. The summed E-state index contributed by atoms with van der Waals surface area (Å²) < 4.78 is 0. The Morgan fingerprint density at radius 1 is 0.913 bits per heavy atom. The van der Waals surface area contributed by atoms with Crippen LogP contribution in [0.1, 0.15) is 59.9 Å². The maximum atomic E-state index is 5.60. The average Bonchev–Trinajstić information content (AvgIpc) is 2.53. The van der Waals surface area contributed by atoms with Crippen molar-refractivity contribution in [2.75, 3.05) is 6.54 Å². The molecule has 1 atom stereocenters. The van der Waals surface area contributed by atoms with E-state index in [0.29, 0.717) is 5.92 Å². The zero-order valence-corrected chi connectivity index (χ0v) is 14.9. The van der Waals surface area contributed by atoms with Crippen LogP contribution in [0.5, 0.6) is 0 Å². The summed E-state index contributed by atoms with van der Waals surface area (Å²) in [5.41, 5.74) is 12.8. The van der Waals surface area contributed by atoms with Crippen LogP contribution in [0.2, 0.25) is 0 Å². The lowest BCUT2D eigenvalue weighted by atomic mass is 9.90. The summed E-state index contributed by atoms with van der Waals surface area (Å²) in [5, 5.41) is 0. The largest absolute Gasteiger partial charge is 0.330 e. The molecule has 2 rings (SSSR count). The molecule has 2 aromatic rings. The summed E-state index contributed by atoms with van der Waals surface area (Å²) in [4.78, 5) is 0. The zero-order valence-electron chi connectivity index (χ0n) is 14.9. The van der Waals surface area contributed by atoms with Crippen molar-refractivity contribution >= 4 is 0 Å². The molecule has 0 aliphatic heterocycles. The topological polar surface area (TPSA) is 26.0 Å². The van der Waals surface area contributed by atoms with Crippen LogP contribution in [-0.2, 0) is 12.8 Å². The fourth-order valence-corrected chi connectivity index (χ4v) is 3.39. The maximum absolute atomic E-state index is 5.60. The quantitative estimate of drug-likeness (QED) is 0.701. The average molecular weight is 309 g/mol. The van der Waals surface area contributed by atoms with Gasteiger partial charge in [0.25, 0.3) is 0 Å². The normalized spacial score (nSPS) is 12.3. The summed E-state index contributed by atoms with van der Waals surface area (Å²) >= 11 is 0. The fraction of sp³-hybridized carbons (Fsp3) is 0.455. The van der Waals surface area contributed by atoms with Crippen LogP contribution in [0, 0.1) is 13.8 Å². The van der Waals surface area contributed by atoms with Crippen molar-refractivity contribution in [3.05, 3.63) is 70.3 Å². The van der Waals surface area contributed by atoms with Crippen molar-refractivity contribution in [3.8, 4) is 0 Å². The molecular formula is C22H31N. The van der Waals surface area contributed by atoms with E-state index in [1.165, 1.54) is 47.1 Å². The van der Waals surface area contributed by atoms with Crippen molar-refractivity contribution < 1.29 is 0 Å². The number of hydrogen-bond acceptors (Lipinski definition) is 1. The molecule has 0 aromatic heterocycles. The second-order valence-electron chi connectivity index (χ2n) is 6.87. The first-order valence-corrected chi connectivity index (χ1v) is 8.95. The Bertz CT molecular complexity index is 615. The standard InChI is InChI=1S/C22H31N/c1-17-12-13-22(19(3)15-17)18(2)7-4-8-20-9-5-10-21(16-20)11-6-14-23/h5,9-10,12-13,15-16,18H,4,6-8,11,14,23H2,1-3H3. The van der Waals surface area contributed by atoms with E-state index < -0.39 is 0 Å². The molecule has 1 heteroatoms. The van der Waals surface area contributed by atoms with Crippen molar-refractivity contribution in [1.29, 1.82) is 0 Å². The van der Waals surface area contributed by atoms with Crippen LogP contribution in [0.25, 0.3) is 0 Å². The molecule has 0 heterocycles. The highest BCUT2D eigenvalue weighted by Gasteiger charge is 2.08. The van der Waals surface area contributed by atoms with E-state index >= 15 is 0 Å². The Morgan fingerprint density at radius 3 is 2.26 bits per heavy atom. The van der Waals surface area contributed by atoms with Crippen molar-refractivity contribution in [1.82, 2.24) is 0 Å². The summed E-state index contributed by atoms with van der Waals surface area (Å²) in [6.45, 7) is 7.53. The van der Waals surface area contributed by atoms with Crippen LogP contribution in [0.4, 0.5) is 0 Å². The van der Waals surface area contributed by atoms with E-state index in [1.807, 2.05) is 0 Å². The van der Waals surface area contributed by atoms with Crippen LogP contribution >= 0.6 is 0 Å². The van der Waals surface area contributed by atoms with Gasteiger partial charge in [-0.3, -0.25) is 0 Å². The van der Waals surface area contributed by atoms with Gasteiger partial charge in [-0.2, -0.15) is 0 Å². The molecule has 0 aliphatic carbocycles. The van der Waals surface area contributed by atoms with Gasteiger partial charge in [0.2, 0.25) is 0 Å². The molecule has 0 fully saturated rings. The smallest absolute Gasteiger partial charge is 0.00741 e. The molecule has 23 heavy (non-hydrogen) atoms. The first-order chi connectivity index (χ1) is 11.1. The Labute approximate surface area is 141 Å². The molecule has 0 bridgehead atoms. The van der Waals surface area contributed by atoms with Crippen molar-refractivity contribution in [2.45, 2.75) is 58.8 Å². The number of rotatable bonds is 8. The number of nitrogens with two attached hydrogens (primary N) is 1.